The van der Waals surface area contributed by atoms with Crippen molar-refractivity contribution in [3.05, 3.63) is 24.0 Å². The first-order valence-corrected chi connectivity index (χ1v) is 7.22. The van der Waals surface area contributed by atoms with Crippen LogP contribution in [0.25, 0.3) is 0 Å². The van der Waals surface area contributed by atoms with Gasteiger partial charge in [-0.25, -0.2) is 9.18 Å². The summed E-state index contributed by atoms with van der Waals surface area (Å²) in [6, 6.07) is 3.46. The molecule has 1 unspecified atom stereocenters. The van der Waals surface area contributed by atoms with E-state index in [1.165, 1.54) is 23.1 Å². The molecule has 1 aromatic carbocycles. The maximum absolute atomic E-state index is 13.2. The zero-order chi connectivity index (χ0) is 16.1. The fourth-order valence-electron chi connectivity index (χ4n) is 2.43. The van der Waals surface area contributed by atoms with Crippen molar-refractivity contribution >= 4 is 17.7 Å². The SMILES string of the molecule is CCOc1cc(F)ccc1NC(=O)N1CCCC(C(=O)O)C1. The van der Waals surface area contributed by atoms with Crippen LogP contribution in [0.3, 0.4) is 0 Å². The van der Waals surface area contributed by atoms with E-state index in [0.717, 1.165) is 0 Å². The fourth-order valence-corrected chi connectivity index (χ4v) is 2.43. The number of nitrogens with zero attached hydrogens (tertiary/aromatic N) is 1. The molecule has 1 aliphatic rings. The van der Waals surface area contributed by atoms with Crippen molar-refractivity contribution in [2.45, 2.75) is 19.8 Å². The number of likely N-dealkylation sites (tertiary alicyclic amines) is 1. The first-order chi connectivity index (χ1) is 10.5. The highest BCUT2D eigenvalue weighted by Crippen LogP contribution is 2.26. The van der Waals surface area contributed by atoms with E-state index in [-0.39, 0.29) is 12.3 Å². The summed E-state index contributed by atoms with van der Waals surface area (Å²) in [4.78, 5) is 24.7. The van der Waals surface area contributed by atoms with Gasteiger partial charge in [-0.1, -0.05) is 0 Å². The molecule has 0 bridgehead atoms. The Kier molecular flexibility index (Phi) is 5.19. The van der Waals surface area contributed by atoms with Gasteiger partial charge < -0.3 is 20.1 Å². The van der Waals surface area contributed by atoms with Crippen LogP contribution in [-0.4, -0.2) is 41.7 Å². The average Bonchev–Trinajstić information content (AvgIpc) is 2.50. The number of anilines is 1. The van der Waals surface area contributed by atoms with Gasteiger partial charge in [0.05, 0.1) is 18.2 Å². The summed E-state index contributed by atoms with van der Waals surface area (Å²) in [5, 5.41) is 11.7. The van der Waals surface area contributed by atoms with Crippen molar-refractivity contribution in [2.24, 2.45) is 5.92 Å². The standard InChI is InChI=1S/C15H19FN2O4/c1-2-22-13-8-11(16)5-6-12(13)17-15(21)18-7-3-4-10(9-18)14(19)20/h5-6,8,10H,2-4,7,9H2,1H3,(H,17,21)(H,19,20). The van der Waals surface area contributed by atoms with E-state index < -0.39 is 23.7 Å². The first kappa shape index (κ1) is 16.1. The Morgan fingerprint density at radius 2 is 2.27 bits per heavy atom. The molecule has 0 aromatic heterocycles. The van der Waals surface area contributed by atoms with Gasteiger partial charge in [-0.15, -0.1) is 0 Å². The monoisotopic (exact) mass is 310 g/mol. The number of carboxylic acids is 1. The number of rotatable bonds is 4. The molecule has 2 rings (SSSR count). The van der Waals surface area contributed by atoms with Crippen molar-refractivity contribution in [3.63, 3.8) is 0 Å². The first-order valence-electron chi connectivity index (χ1n) is 7.22. The number of carbonyl (C=O) groups excluding carboxylic acids is 1. The number of nitrogens with one attached hydrogen (secondary N) is 1. The number of halogens is 1. The molecule has 1 heterocycles. The molecule has 0 spiro atoms. The minimum atomic E-state index is -0.894. The fraction of sp³-hybridized carbons (Fsp3) is 0.467. The van der Waals surface area contributed by atoms with Crippen LogP contribution in [0, 0.1) is 11.7 Å². The number of hydrogen-bond acceptors (Lipinski definition) is 3. The van der Waals surface area contributed by atoms with E-state index >= 15 is 0 Å². The Hall–Kier alpha value is -2.31. The van der Waals surface area contributed by atoms with Crippen LogP contribution in [0.4, 0.5) is 14.9 Å². The molecular formula is C15H19FN2O4. The van der Waals surface area contributed by atoms with Gasteiger partial charge in [-0.2, -0.15) is 0 Å². The summed E-state index contributed by atoms with van der Waals surface area (Å²) >= 11 is 0. The van der Waals surface area contributed by atoms with Gasteiger partial charge in [0.15, 0.2) is 0 Å². The highest BCUT2D eigenvalue weighted by atomic mass is 19.1. The summed E-state index contributed by atoms with van der Waals surface area (Å²) in [5.74, 6) is -1.64. The molecular weight excluding hydrogens is 291 g/mol. The molecule has 1 fully saturated rings. The molecule has 1 aliphatic heterocycles. The third-order valence-corrected chi connectivity index (χ3v) is 3.54. The third-order valence-electron chi connectivity index (χ3n) is 3.54. The van der Waals surface area contributed by atoms with E-state index in [0.29, 0.717) is 31.7 Å². The van der Waals surface area contributed by atoms with Crippen molar-refractivity contribution in [3.8, 4) is 5.75 Å². The molecule has 7 heteroatoms. The van der Waals surface area contributed by atoms with E-state index in [1.54, 1.807) is 6.92 Å². The van der Waals surface area contributed by atoms with Crippen LogP contribution in [0.2, 0.25) is 0 Å². The van der Waals surface area contributed by atoms with Gasteiger partial charge in [0.1, 0.15) is 11.6 Å². The van der Waals surface area contributed by atoms with Crippen LogP contribution in [-0.2, 0) is 4.79 Å². The maximum atomic E-state index is 13.2. The van der Waals surface area contributed by atoms with Crippen LogP contribution < -0.4 is 10.1 Å². The summed E-state index contributed by atoms with van der Waals surface area (Å²) in [5.41, 5.74) is 0.366. The Balaban J connectivity index is 2.07. The number of carbonyl (C=O) groups is 2. The normalized spacial score (nSPS) is 17.9. The zero-order valence-corrected chi connectivity index (χ0v) is 12.3. The van der Waals surface area contributed by atoms with E-state index in [4.69, 9.17) is 9.84 Å². The van der Waals surface area contributed by atoms with Crippen LogP contribution in [0.1, 0.15) is 19.8 Å². The Labute approximate surface area is 127 Å². The molecule has 2 N–H and O–H groups in total. The van der Waals surface area contributed by atoms with E-state index in [2.05, 4.69) is 5.32 Å². The van der Waals surface area contributed by atoms with Gasteiger partial charge in [0, 0.05) is 19.2 Å². The van der Waals surface area contributed by atoms with Crippen LogP contribution in [0.15, 0.2) is 18.2 Å². The molecule has 120 valence electrons. The quantitative estimate of drug-likeness (QED) is 0.896. The second-order valence-electron chi connectivity index (χ2n) is 5.13. The number of ether oxygens (including phenoxy) is 1. The lowest BCUT2D eigenvalue weighted by molar-refractivity contribution is -0.143. The van der Waals surface area contributed by atoms with Gasteiger partial charge in [0.2, 0.25) is 0 Å². The van der Waals surface area contributed by atoms with Gasteiger partial charge in [-0.05, 0) is 31.9 Å². The smallest absolute Gasteiger partial charge is 0.321 e. The van der Waals surface area contributed by atoms with E-state index in [9.17, 15) is 14.0 Å². The van der Waals surface area contributed by atoms with Crippen LogP contribution >= 0.6 is 0 Å². The van der Waals surface area contributed by atoms with Crippen molar-refractivity contribution in [1.29, 1.82) is 0 Å². The number of aliphatic carboxylic acids is 1. The number of amides is 2. The zero-order valence-electron chi connectivity index (χ0n) is 12.3. The van der Waals surface area contributed by atoms with Crippen LogP contribution in [0.5, 0.6) is 5.75 Å². The molecule has 6 nitrogen and oxygen atoms in total. The highest BCUT2D eigenvalue weighted by molar-refractivity contribution is 5.91. The Morgan fingerprint density at radius 1 is 1.50 bits per heavy atom. The molecule has 22 heavy (non-hydrogen) atoms. The molecule has 0 saturated carbocycles. The lowest BCUT2D eigenvalue weighted by Gasteiger charge is -2.30. The maximum Gasteiger partial charge on any atom is 0.321 e. The van der Waals surface area contributed by atoms with E-state index in [1.807, 2.05) is 0 Å². The lowest BCUT2D eigenvalue weighted by Crippen LogP contribution is -2.44. The van der Waals surface area contributed by atoms with Crippen molar-refractivity contribution < 1.29 is 23.8 Å². The van der Waals surface area contributed by atoms with Gasteiger partial charge >= 0.3 is 12.0 Å². The van der Waals surface area contributed by atoms with Gasteiger partial charge in [0.25, 0.3) is 0 Å². The molecule has 1 aromatic rings. The lowest BCUT2D eigenvalue weighted by atomic mass is 9.99. The molecule has 1 atom stereocenters. The molecule has 1 saturated heterocycles. The number of hydrogen-bond donors (Lipinski definition) is 2. The number of carboxylic acid groups (broad SMARTS) is 1. The third kappa shape index (κ3) is 3.87. The minimum absolute atomic E-state index is 0.173. The number of benzene rings is 1. The molecule has 0 radical (unpaired) electrons. The summed E-state index contributed by atoms with van der Waals surface area (Å²) in [6.07, 6.45) is 1.21. The van der Waals surface area contributed by atoms with Crippen molar-refractivity contribution in [1.82, 2.24) is 4.90 Å². The average molecular weight is 310 g/mol. The minimum Gasteiger partial charge on any atom is -0.492 e. The van der Waals surface area contributed by atoms with Gasteiger partial charge in [-0.3, -0.25) is 4.79 Å². The summed E-state index contributed by atoms with van der Waals surface area (Å²) in [6.45, 7) is 2.78. The molecule has 0 aliphatic carbocycles. The Morgan fingerprint density at radius 3 is 2.95 bits per heavy atom. The number of urea groups is 1. The topological polar surface area (TPSA) is 78.9 Å². The predicted octanol–water partition coefficient (Wildman–Crippen LogP) is 2.55. The summed E-state index contributed by atoms with van der Waals surface area (Å²) < 4.78 is 18.5. The number of piperidine rings is 1. The Bertz CT molecular complexity index is 564. The van der Waals surface area contributed by atoms with Crippen molar-refractivity contribution in [2.75, 3.05) is 25.0 Å². The second-order valence-corrected chi connectivity index (χ2v) is 5.13. The summed E-state index contributed by atoms with van der Waals surface area (Å²) in [7, 11) is 0. The largest absolute Gasteiger partial charge is 0.492 e. The molecule has 2 amide bonds. The second kappa shape index (κ2) is 7.11. The predicted molar refractivity (Wildman–Crippen MR) is 78.5 cm³/mol. The highest BCUT2D eigenvalue weighted by Gasteiger charge is 2.28.